The van der Waals surface area contributed by atoms with Gasteiger partial charge in [-0.15, -0.1) is 0 Å². The number of rotatable bonds is 6. The van der Waals surface area contributed by atoms with Crippen molar-refractivity contribution in [3.63, 3.8) is 0 Å². The number of hydrogen-bond acceptors (Lipinski definition) is 6. The minimum atomic E-state index is -0.219. The second-order valence-electron chi connectivity index (χ2n) is 3.27. The molecule has 0 aromatic rings. The van der Waals surface area contributed by atoms with Crippen LogP contribution >= 0.6 is 0 Å². The number of ether oxygens (including phenoxy) is 1. The quantitative estimate of drug-likeness (QED) is 0.161. The molecule has 0 heterocycles. The van der Waals surface area contributed by atoms with Crippen molar-refractivity contribution in [2.24, 2.45) is 11.7 Å². The van der Waals surface area contributed by atoms with Gasteiger partial charge in [0.2, 0.25) is 11.8 Å². The van der Waals surface area contributed by atoms with Gasteiger partial charge < -0.3 is 4.74 Å². The molecule has 8 heteroatoms. The highest BCUT2D eigenvalue weighted by Gasteiger charge is 2.00. The van der Waals surface area contributed by atoms with Crippen LogP contribution in [0, 0.1) is 0 Å². The van der Waals surface area contributed by atoms with Crippen molar-refractivity contribution in [3.8, 4) is 0 Å². The summed E-state index contributed by atoms with van der Waals surface area (Å²) in [4.78, 5) is 31.0. The first-order valence-electron chi connectivity index (χ1n) is 5.60. The molecule has 8 nitrogen and oxygen atoms in total. The van der Waals surface area contributed by atoms with Crippen LogP contribution in [0.25, 0.3) is 0 Å². The zero-order valence-electron chi connectivity index (χ0n) is 10.8. The Morgan fingerprint density at radius 1 is 1.00 bits per heavy atom. The Bertz CT molecular complexity index is 240. The van der Waals surface area contributed by atoms with Crippen LogP contribution in [0.2, 0.25) is 0 Å². The summed E-state index contributed by atoms with van der Waals surface area (Å²) >= 11 is 0. The first kappa shape index (κ1) is 18.7. The number of hydrazine groups is 2. The van der Waals surface area contributed by atoms with Crippen LogP contribution in [-0.4, -0.2) is 24.4 Å². The van der Waals surface area contributed by atoms with Gasteiger partial charge in [0.25, 0.3) is 0 Å². The van der Waals surface area contributed by atoms with Crippen molar-refractivity contribution >= 4 is 17.8 Å². The van der Waals surface area contributed by atoms with E-state index in [4.69, 9.17) is 11.7 Å². The molecule has 0 rings (SSSR count). The van der Waals surface area contributed by atoms with Crippen LogP contribution in [0.15, 0.2) is 0 Å². The van der Waals surface area contributed by atoms with Gasteiger partial charge in [0.15, 0.2) is 0 Å². The summed E-state index contributed by atoms with van der Waals surface area (Å²) < 4.78 is 4.40. The molecule has 0 bridgehead atoms. The average Bonchev–Trinajstić information content (AvgIpc) is 2.34. The van der Waals surface area contributed by atoms with E-state index in [2.05, 4.69) is 4.74 Å². The van der Waals surface area contributed by atoms with Crippen LogP contribution in [0.5, 0.6) is 0 Å². The molecule has 0 spiro atoms. The molecule has 106 valence electrons. The Hall–Kier alpha value is -1.67. The maximum Gasteiger partial charge on any atom is 0.302 e. The van der Waals surface area contributed by atoms with E-state index in [0.717, 1.165) is 0 Å². The Labute approximate surface area is 106 Å². The summed E-state index contributed by atoms with van der Waals surface area (Å²) in [6, 6.07) is 0. The summed E-state index contributed by atoms with van der Waals surface area (Å²) in [6.07, 6.45) is 1.95. The van der Waals surface area contributed by atoms with Crippen molar-refractivity contribution in [1.82, 2.24) is 10.9 Å². The lowest BCUT2D eigenvalue weighted by Crippen LogP contribution is -2.30. The molecule has 0 fully saturated rings. The van der Waals surface area contributed by atoms with Crippen molar-refractivity contribution in [3.05, 3.63) is 0 Å². The third-order valence-electron chi connectivity index (χ3n) is 1.73. The normalized spacial score (nSPS) is 8.67. The molecule has 0 aromatic heterocycles. The highest BCUT2D eigenvalue weighted by atomic mass is 16.5. The molecule has 0 radical (unpaired) electrons. The third-order valence-corrected chi connectivity index (χ3v) is 1.73. The number of nitrogens with two attached hydrogens (primary N) is 2. The first-order chi connectivity index (χ1) is 8.47. The topological polar surface area (TPSA) is 137 Å². The van der Waals surface area contributed by atoms with Crippen LogP contribution in [0.1, 0.15) is 39.5 Å². The van der Waals surface area contributed by atoms with E-state index in [1.807, 2.05) is 10.9 Å². The Balaban J connectivity index is 0. The van der Waals surface area contributed by atoms with Crippen LogP contribution < -0.4 is 22.5 Å². The lowest BCUT2D eigenvalue weighted by atomic mass is 10.2. The van der Waals surface area contributed by atoms with Crippen LogP contribution in [0.4, 0.5) is 0 Å². The summed E-state index contributed by atoms with van der Waals surface area (Å²) in [5.41, 5.74) is 4.01. The third kappa shape index (κ3) is 16.7. The number of esters is 1. The zero-order chi connectivity index (χ0) is 14.4. The lowest BCUT2D eigenvalue weighted by Gasteiger charge is -1.99. The Kier molecular flexibility index (Phi) is 13.9. The first-order valence-corrected chi connectivity index (χ1v) is 5.60. The molecule has 0 aliphatic rings. The number of hydrogen-bond donors (Lipinski definition) is 4. The number of carbonyl (C=O) groups excluding carboxylic acids is 3. The largest absolute Gasteiger partial charge is 0.466 e. The zero-order valence-corrected chi connectivity index (χ0v) is 10.8. The van der Waals surface area contributed by atoms with Crippen LogP contribution in [0.3, 0.4) is 0 Å². The van der Waals surface area contributed by atoms with Crippen molar-refractivity contribution in [1.29, 1.82) is 0 Å². The van der Waals surface area contributed by atoms with E-state index in [0.29, 0.717) is 32.3 Å². The molecular weight excluding hydrogens is 240 g/mol. The maximum atomic E-state index is 10.6. The molecule has 6 N–H and O–H groups in total. The number of amides is 2. The Morgan fingerprint density at radius 3 is 1.56 bits per heavy atom. The monoisotopic (exact) mass is 262 g/mol. The minimum absolute atomic E-state index is 0.211. The lowest BCUT2D eigenvalue weighted by molar-refractivity contribution is -0.140. The van der Waals surface area contributed by atoms with Crippen molar-refractivity contribution < 1.29 is 19.1 Å². The molecule has 2 amide bonds. The van der Waals surface area contributed by atoms with Gasteiger partial charge in [0, 0.05) is 19.8 Å². The molecule has 18 heavy (non-hydrogen) atoms. The second kappa shape index (κ2) is 13.4. The second-order valence-corrected chi connectivity index (χ2v) is 3.27. The number of nitrogens with one attached hydrogen (secondary N) is 2. The van der Waals surface area contributed by atoms with Gasteiger partial charge in [-0.2, -0.15) is 0 Å². The summed E-state index contributed by atoms with van der Waals surface area (Å²) in [5.74, 6) is 9.03. The smallest absolute Gasteiger partial charge is 0.302 e. The SMILES string of the molecule is CCOC(C)=O.NNC(=O)CCCCC(=O)NN. The highest BCUT2D eigenvalue weighted by molar-refractivity contribution is 5.76. The highest BCUT2D eigenvalue weighted by Crippen LogP contribution is 1.98. The van der Waals surface area contributed by atoms with E-state index in [-0.39, 0.29) is 17.8 Å². The predicted octanol–water partition coefficient (Wildman–Crippen LogP) is -0.904. The fraction of sp³-hybridized carbons (Fsp3) is 0.700. The predicted molar refractivity (Wildman–Crippen MR) is 65.4 cm³/mol. The van der Waals surface area contributed by atoms with Gasteiger partial charge in [-0.25, -0.2) is 11.7 Å². The van der Waals surface area contributed by atoms with Gasteiger partial charge >= 0.3 is 5.97 Å². The van der Waals surface area contributed by atoms with E-state index >= 15 is 0 Å². The average molecular weight is 262 g/mol. The molecule has 0 aromatic carbocycles. The van der Waals surface area contributed by atoms with E-state index in [1.165, 1.54) is 6.92 Å². The summed E-state index contributed by atoms with van der Waals surface area (Å²) in [7, 11) is 0. The van der Waals surface area contributed by atoms with E-state index in [9.17, 15) is 14.4 Å². The minimum Gasteiger partial charge on any atom is -0.466 e. The Morgan fingerprint density at radius 2 is 1.39 bits per heavy atom. The van der Waals surface area contributed by atoms with Gasteiger partial charge in [-0.1, -0.05) is 0 Å². The van der Waals surface area contributed by atoms with Crippen LogP contribution in [-0.2, 0) is 19.1 Å². The number of carbonyl (C=O) groups is 3. The fourth-order valence-corrected chi connectivity index (χ4v) is 0.919. The molecular formula is C10H22N4O4. The summed E-state index contributed by atoms with van der Waals surface area (Å²) in [5, 5.41) is 0. The molecule has 0 aliphatic carbocycles. The fourth-order valence-electron chi connectivity index (χ4n) is 0.919. The standard InChI is InChI=1S/C6H14N4O2.C4H8O2/c7-9-5(11)3-1-2-4-6(12)10-8;1-3-6-4(2)5/h1-4,7-8H2,(H,9,11)(H,10,12);3H2,1-2H3. The molecule has 0 saturated heterocycles. The van der Waals surface area contributed by atoms with E-state index in [1.54, 1.807) is 6.92 Å². The van der Waals surface area contributed by atoms with Gasteiger partial charge in [0.1, 0.15) is 0 Å². The molecule has 0 atom stereocenters. The van der Waals surface area contributed by atoms with Gasteiger partial charge in [-0.3, -0.25) is 25.2 Å². The van der Waals surface area contributed by atoms with Crippen molar-refractivity contribution in [2.75, 3.05) is 6.61 Å². The van der Waals surface area contributed by atoms with E-state index < -0.39 is 0 Å². The maximum absolute atomic E-state index is 10.6. The molecule has 0 aliphatic heterocycles. The molecule has 0 unspecified atom stereocenters. The molecule has 0 saturated carbocycles. The van der Waals surface area contributed by atoms with Gasteiger partial charge in [0.05, 0.1) is 6.61 Å². The van der Waals surface area contributed by atoms with Crippen molar-refractivity contribution in [2.45, 2.75) is 39.5 Å². The summed E-state index contributed by atoms with van der Waals surface area (Å²) in [6.45, 7) is 3.65. The van der Waals surface area contributed by atoms with Gasteiger partial charge in [-0.05, 0) is 19.8 Å². The number of unbranched alkanes of at least 4 members (excludes halogenated alkanes) is 1.